The normalized spacial score (nSPS) is 18.4. The average molecular weight is 276 g/mol. The Bertz CT molecular complexity index is 591. The number of ether oxygens (including phenoxy) is 2. The van der Waals surface area contributed by atoms with Crippen LogP contribution in [-0.4, -0.2) is 35.6 Å². The van der Waals surface area contributed by atoms with Crippen molar-refractivity contribution < 1.29 is 19.1 Å². The number of benzene rings is 1. The lowest BCUT2D eigenvalue weighted by molar-refractivity contribution is 0.185. The lowest BCUT2D eigenvalue weighted by Crippen LogP contribution is -2.04. The standard InChI is InChI=1S/C14H16N2O4/c1-18-10-2-3-11(12(17)7-10)14-15-13(16-20-14)6-9-4-5-19-8-9/h2-3,7,9,17H,4-6,8H2,1H3. The molecule has 1 fully saturated rings. The Balaban J connectivity index is 1.78. The summed E-state index contributed by atoms with van der Waals surface area (Å²) in [5.41, 5.74) is 0.507. The van der Waals surface area contributed by atoms with Crippen molar-refractivity contribution >= 4 is 0 Å². The number of methoxy groups -OCH3 is 1. The van der Waals surface area contributed by atoms with E-state index in [1.807, 2.05) is 0 Å². The highest BCUT2D eigenvalue weighted by atomic mass is 16.5. The molecule has 1 N–H and O–H groups in total. The fraction of sp³-hybridized carbons (Fsp3) is 0.429. The summed E-state index contributed by atoms with van der Waals surface area (Å²) in [6, 6.07) is 4.96. The minimum atomic E-state index is 0.0590. The Morgan fingerprint density at radius 2 is 2.35 bits per heavy atom. The molecule has 0 aliphatic carbocycles. The van der Waals surface area contributed by atoms with Gasteiger partial charge in [0.15, 0.2) is 5.82 Å². The van der Waals surface area contributed by atoms with Crippen LogP contribution in [0.25, 0.3) is 11.5 Å². The molecular formula is C14H16N2O4. The Hall–Kier alpha value is -2.08. The number of phenolic OH excluding ortho intramolecular Hbond substituents is 1. The molecule has 1 aliphatic rings. The van der Waals surface area contributed by atoms with E-state index in [9.17, 15) is 5.11 Å². The fourth-order valence-corrected chi connectivity index (χ4v) is 2.27. The molecule has 3 rings (SSSR count). The molecule has 1 atom stereocenters. The predicted octanol–water partition coefficient (Wildman–Crippen LogP) is 2.03. The summed E-state index contributed by atoms with van der Waals surface area (Å²) in [7, 11) is 1.54. The van der Waals surface area contributed by atoms with Crippen LogP contribution >= 0.6 is 0 Å². The van der Waals surface area contributed by atoms with Crippen LogP contribution in [0.2, 0.25) is 0 Å². The molecule has 1 aromatic heterocycles. The topological polar surface area (TPSA) is 77.6 Å². The molecule has 0 saturated carbocycles. The minimum absolute atomic E-state index is 0.0590. The maximum atomic E-state index is 9.94. The zero-order valence-electron chi connectivity index (χ0n) is 11.2. The van der Waals surface area contributed by atoms with Crippen molar-refractivity contribution in [3.05, 3.63) is 24.0 Å². The van der Waals surface area contributed by atoms with E-state index in [4.69, 9.17) is 14.0 Å². The number of rotatable bonds is 4. The first-order valence-electron chi connectivity index (χ1n) is 6.54. The van der Waals surface area contributed by atoms with Gasteiger partial charge in [-0.2, -0.15) is 4.98 Å². The van der Waals surface area contributed by atoms with E-state index in [0.717, 1.165) is 26.1 Å². The zero-order chi connectivity index (χ0) is 13.9. The van der Waals surface area contributed by atoms with Gasteiger partial charge in [-0.3, -0.25) is 0 Å². The molecule has 1 saturated heterocycles. The molecule has 1 aliphatic heterocycles. The highest BCUT2D eigenvalue weighted by Crippen LogP contribution is 2.31. The Kier molecular flexibility index (Phi) is 3.56. The number of hydrogen-bond donors (Lipinski definition) is 1. The molecule has 1 aromatic carbocycles. The summed E-state index contributed by atoms with van der Waals surface area (Å²) in [5, 5.41) is 13.9. The largest absolute Gasteiger partial charge is 0.507 e. The van der Waals surface area contributed by atoms with E-state index in [2.05, 4.69) is 10.1 Å². The lowest BCUT2D eigenvalue weighted by Gasteiger charge is -2.03. The molecule has 2 heterocycles. The second-order valence-electron chi connectivity index (χ2n) is 4.83. The van der Waals surface area contributed by atoms with Crippen molar-refractivity contribution in [3.8, 4) is 23.0 Å². The van der Waals surface area contributed by atoms with E-state index >= 15 is 0 Å². The SMILES string of the molecule is COc1ccc(-c2nc(CC3CCOC3)no2)c(O)c1. The van der Waals surface area contributed by atoms with E-state index < -0.39 is 0 Å². The first-order valence-corrected chi connectivity index (χ1v) is 6.54. The smallest absolute Gasteiger partial charge is 0.261 e. The van der Waals surface area contributed by atoms with E-state index in [0.29, 0.717) is 28.9 Å². The van der Waals surface area contributed by atoms with Gasteiger partial charge in [0.25, 0.3) is 5.89 Å². The second kappa shape index (κ2) is 5.50. The number of aromatic hydroxyl groups is 1. The first-order chi connectivity index (χ1) is 9.76. The quantitative estimate of drug-likeness (QED) is 0.920. The molecule has 0 bridgehead atoms. The summed E-state index contributed by atoms with van der Waals surface area (Å²) in [6.45, 7) is 1.55. The Morgan fingerprint density at radius 3 is 3.05 bits per heavy atom. The van der Waals surface area contributed by atoms with Crippen LogP contribution in [0.15, 0.2) is 22.7 Å². The third-order valence-corrected chi connectivity index (χ3v) is 3.40. The summed E-state index contributed by atoms with van der Waals surface area (Å²) >= 11 is 0. The molecular weight excluding hydrogens is 260 g/mol. The van der Waals surface area contributed by atoms with Crippen molar-refractivity contribution in [1.82, 2.24) is 10.1 Å². The van der Waals surface area contributed by atoms with Gasteiger partial charge in [0, 0.05) is 25.7 Å². The van der Waals surface area contributed by atoms with Crippen molar-refractivity contribution in [2.24, 2.45) is 5.92 Å². The van der Waals surface area contributed by atoms with Crippen molar-refractivity contribution in [3.63, 3.8) is 0 Å². The third-order valence-electron chi connectivity index (χ3n) is 3.40. The van der Waals surface area contributed by atoms with Gasteiger partial charge in [-0.15, -0.1) is 0 Å². The van der Waals surface area contributed by atoms with Gasteiger partial charge in [-0.05, 0) is 24.5 Å². The minimum Gasteiger partial charge on any atom is -0.507 e. The van der Waals surface area contributed by atoms with Crippen LogP contribution in [0.1, 0.15) is 12.2 Å². The number of phenols is 1. The number of aromatic nitrogens is 2. The first kappa shape index (κ1) is 12.9. The number of hydrogen-bond acceptors (Lipinski definition) is 6. The lowest BCUT2D eigenvalue weighted by atomic mass is 10.1. The third kappa shape index (κ3) is 2.60. The van der Waals surface area contributed by atoms with Gasteiger partial charge in [0.05, 0.1) is 12.7 Å². The van der Waals surface area contributed by atoms with Gasteiger partial charge in [0.1, 0.15) is 11.5 Å². The van der Waals surface area contributed by atoms with Crippen molar-refractivity contribution in [2.75, 3.05) is 20.3 Å². The summed E-state index contributed by atoms with van der Waals surface area (Å²) in [5.74, 6) is 2.05. The molecule has 6 nitrogen and oxygen atoms in total. The monoisotopic (exact) mass is 276 g/mol. The molecule has 6 heteroatoms. The zero-order valence-corrected chi connectivity index (χ0v) is 11.2. The maximum absolute atomic E-state index is 9.94. The van der Waals surface area contributed by atoms with Gasteiger partial charge in [0.2, 0.25) is 0 Å². The molecule has 106 valence electrons. The van der Waals surface area contributed by atoms with Gasteiger partial charge < -0.3 is 19.1 Å². The van der Waals surface area contributed by atoms with Crippen LogP contribution in [0.3, 0.4) is 0 Å². The highest BCUT2D eigenvalue weighted by molar-refractivity contribution is 5.63. The van der Waals surface area contributed by atoms with E-state index in [1.54, 1.807) is 19.2 Å². The van der Waals surface area contributed by atoms with Crippen molar-refractivity contribution in [1.29, 1.82) is 0 Å². The summed E-state index contributed by atoms with van der Waals surface area (Å²) in [4.78, 5) is 4.33. The van der Waals surface area contributed by atoms with Crippen LogP contribution in [0.5, 0.6) is 11.5 Å². The van der Waals surface area contributed by atoms with Crippen LogP contribution in [0, 0.1) is 5.92 Å². The molecule has 2 aromatic rings. The number of nitrogens with zero attached hydrogens (tertiary/aromatic N) is 2. The Morgan fingerprint density at radius 1 is 1.45 bits per heavy atom. The molecule has 0 amide bonds. The molecule has 1 unspecified atom stereocenters. The fourth-order valence-electron chi connectivity index (χ4n) is 2.27. The highest BCUT2D eigenvalue weighted by Gasteiger charge is 2.20. The van der Waals surface area contributed by atoms with Crippen LogP contribution < -0.4 is 4.74 Å². The van der Waals surface area contributed by atoms with Gasteiger partial charge >= 0.3 is 0 Å². The van der Waals surface area contributed by atoms with E-state index in [1.165, 1.54) is 6.07 Å². The van der Waals surface area contributed by atoms with Gasteiger partial charge in [-0.25, -0.2) is 0 Å². The molecule has 20 heavy (non-hydrogen) atoms. The second-order valence-corrected chi connectivity index (χ2v) is 4.83. The predicted molar refractivity (Wildman–Crippen MR) is 70.6 cm³/mol. The Labute approximate surface area is 116 Å². The molecule has 0 spiro atoms. The maximum Gasteiger partial charge on any atom is 0.261 e. The van der Waals surface area contributed by atoms with Crippen LogP contribution in [0.4, 0.5) is 0 Å². The average Bonchev–Trinajstić information content (AvgIpc) is 3.11. The van der Waals surface area contributed by atoms with Crippen LogP contribution in [-0.2, 0) is 11.2 Å². The van der Waals surface area contributed by atoms with Gasteiger partial charge in [-0.1, -0.05) is 5.16 Å². The summed E-state index contributed by atoms with van der Waals surface area (Å²) in [6.07, 6.45) is 1.76. The van der Waals surface area contributed by atoms with Crippen molar-refractivity contribution in [2.45, 2.75) is 12.8 Å². The summed E-state index contributed by atoms with van der Waals surface area (Å²) < 4.78 is 15.6. The van der Waals surface area contributed by atoms with E-state index in [-0.39, 0.29) is 5.75 Å². The molecule has 0 radical (unpaired) electrons.